The summed E-state index contributed by atoms with van der Waals surface area (Å²) in [6, 6.07) is 19.8. The number of carbonyl (C=O) groups is 2. The van der Waals surface area contributed by atoms with Crippen molar-refractivity contribution in [2.24, 2.45) is 0 Å². The van der Waals surface area contributed by atoms with Crippen molar-refractivity contribution in [2.75, 3.05) is 24.9 Å². The van der Waals surface area contributed by atoms with Crippen LogP contribution in [0.2, 0.25) is 5.02 Å². The van der Waals surface area contributed by atoms with E-state index in [1.807, 2.05) is 44.2 Å². The summed E-state index contributed by atoms with van der Waals surface area (Å²) in [6.45, 7) is 3.02. The highest BCUT2D eigenvalue weighted by atomic mass is 35.5. The largest absolute Gasteiger partial charge is 0.352 e. The van der Waals surface area contributed by atoms with Crippen molar-refractivity contribution in [3.8, 4) is 0 Å². The SMILES string of the molecule is CC(C)NC(=O)C(Cc1ccccc1)N(Cc1cccc(Cl)c1)C(=O)CN(c1ccc(F)cc1)S(=O)(=O)N(C)C. The van der Waals surface area contributed by atoms with Gasteiger partial charge in [0.05, 0.1) is 5.69 Å². The smallest absolute Gasteiger partial charge is 0.304 e. The molecule has 11 heteroatoms. The van der Waals surface area contributed by atoms with Crippen molar-refractivity contribution in [1.29, 1.82) is 0 Å². The third-order valence-electron chi connectivity index (χ3n) is 6.08. The molecule has 2 amide bonds. The van der Waals surface area contributed by atoms with Crippen LogP contribution in [0.25, 0.3) is 0 Å². The Kier molecular flexibility index (Phi) is 10.7. The molecule has 0 aliphatic carbocycles. The van der Waals surface area contributed by atoms with E-state index in [2.05, 4.69) is 5.32 Å². The first-order chi connectivity index (χ1) is 18.9. The number of halogens is 2. The van der Waals surface area contributed by atoms with E-state index < -0.39 is 34.5 Å². The molecule has 0 aliphatic rings. The molecule has 0 saturated carbocycles. The quantitative estimate of drug-likeness (QED) is 0.342. The van der Waals surface area contributed by atoms with Gasteiger partial charge in [0.15, 0.2) is 0 Å². The number of hydrogen-bond acceptors (Lipinski definition) is 4. The summed E-state index contributed by atoms with van der Waals surface area (Å²) in [5, 5.41) is 3.35. The molecule has 0 fully saturated rings. The highest BCUT2D eigenvalue weighted by Gasteiger charge is 2.35. The minimum Gasteiger partial charge on any atom is -0.352 e. The second kappa shape index (κ2) is 13.7. The van der Waals surface area contributed by atoms with E-state index in [4.69, 9.17) is 11.6 Å². The van der Waals surface area contributed by atoms with Crippen LogP contribution in [0.5, 0.6) is 0 Å². The second-order valence-electron chi connectivity index (χ2n) is 9.79. The first-order valence-corrected chi connectivity index (χ1v) is 14.5. The molecule has 8 nitrogen and oxygen atoms in total. The predicted octanol–water partition coefficient (Wildman–Crippen LogP) is 4.26. The molecule has 1 N–H and O–H groups in total. The van der Waals surface area contributed by atoms with Gasteiger partial charge < -0.3 is 10.2 Å². The van der Waals surface area contributed by atoms with Crippen LogP contribution in [0.15, 0.2) is 78.9 Å². The van der Waals surface area contributed by atoms with Gasteiger partial charge in [0.1, 0.15) is 18.4 Å². The lowest BCUT2D eigenvalue weighted by Crippen LogP contribution is -2.55. The van der Waals surface area contributed by atoms with Gasteiger partial charge in [0.25, 0.3) is 0 Å². The van der Waals surface area contributed by atoms with E-state index in [1.54, 1.807) is 24.3 Å². The highest BCUT2D eigenvalue weighted by Crippen LogP contribution is 2.23. The second-order valence-corrected chi connectivity index (χ2v) is 12.3. The third kappa shape index (κ3) is 8.27. The number of benzene rings is 3. The number of carbonyl (C=O) groups excluding carboxylic acids is 2. The van der Waals surface area contributed by atoms with Crippen molar-refractivity contribution in [3.63, 3.8) is 0 Å². The zero-order chi connectivity index (χ0) is 29.4. The number of rotatable bonds is 12. The Morgan fingerprint density at radius 2 is 1.55 bits per heavy atom. The van der Waals surface area contributed by atoms with Crippen LogP contribution in [0, 0.1) is 5.82 Å². The number of hydrogen-bond donors (Lipinski definition) is 1. The number of amides is 2. The Morgan fingerprint density at radius 1 is 0.925 bits per heavy atom. The monoisotopic (exact) mass is 588 g/mol. The zero-order valence-corrected chi connectivity index (χ0v) is 24.5. The summed E-state index contributed by atoms with van der Waals surface area (Å²) in [5.41, 5.74) is 1.60. The van der Waals surface area contributed by atoms with Crippen molar-refractivity contribution >= 4 is 39.3 Å². The highest BCUT2D eigenvalue weighted by molar-refractivity contribution is 7.90. The minimum atomic E-state index is -4.16. The van der Waals surface area contributed by atoms with Crippen molar-refractivity contribution in [2.45, 2.75) is 38.9 Å². The summed E-state index contributed by atoms with van der Waals surface area (Å²) in [7, 11) is -1.48. The predicted molar refractivity (Wildman–Crippen MR) is 156 cm³/mol. The van der Waals surface area contributed by atoms with E-state index in [1.165, 1.54) is 31.1 Å². The molecule has 3 aromatic carbocycles. The molecule has 0 bridgehead atoms. The van der Waals surface area contributed by atoms with Gasteiger partial charge in [-0.1, -0.05) is 54.1 Å². The molecule has 0 saturated heterocycles. The average molecular weight is 589 g/mol. The molecule has 0 aromatic heterocycles. The summed E-state index contributed by atoms with van der Waals surface area (Å²) < 4.78 is 42.2. The van der Waals surface area contributed by atoms with Crippen LogP contribution in [0.4, 0.5) is 10.1 Å². The summed E-state index contributed by atoms with van der Waals surface area (Å²) in [4.78, 5) is 29.0. The lowest BCUT2D eigenvalue weighted by Gasteiger charge is -2.34. The molecule has 0 radical (unpaired) electrons. The van der Waals surface area contributed by atoms with Gasteiger partial charge in [-0.3, -0.25) is 9.59 Å². The molecule has 1 atom stereocenters. The van der Waals surface area contributed by atoms with Crippen molar-refractivity contribution < 1.29 is 22.4 Å². The number of nitrogens with one attached hydrogen (secondary N) is 1. The van der Waals surface area contributed by atoms with E-state index in [9.17, 15) is 22.4 Å². The topological polar surface area (TPSA) is 90.0 Å². The normalized spacial score (nSPS) is 12.3. The molecule has 0 spiro atoms. The van der Waals surface area contributed by atoms with Crippen molar-refractivity contribution in [1.82, 2.24) is 14.5 Å². The van der Waals surface area contributed by atoms with Crippen LogP contribution in [0.1, 0.15) is 25.0 Å². The first kappa shape index (κ1) is 31.1. The minimum absolute atomic E-state index is 0.00167. The maximum Gasteiger partial charge on any atom is 0.304 e. The number of anilines is 1. The van der Waals surface area contributed by atoms with Gasteiger partial charge in [-0.25, -0.2) is 8.70 Å². The Hall–Kier alpha value is -3.47. The molecular weight excluding hydrogens is 555 g/mol. The zero-order valence-electron chi connectivity index (χ0n) is 22.9. The Bertz CT molecular complexity index is 1400. The lowest BCUT2D eigenvalue weighted by atomic mass is 10.0. The van der Waals surface area contributed by atoms with Crippen LogP contribution in [0.3, 0.4) is 0 Å². The average Bonchev–Trinajstić information content (AvgIpc) is 2.89. The molecule has 0 heterocycles. The fraction of sp³-hybridized carbons (Fsp3) is 0.310. The fourth-order valence-corrected chi connectivity index (χ4v) is 5.36. The summed E-state index contributed by atoms with van der Waals surface area (Å²) >= 11 is 6.21. The Labute approximate surface area is 240 Å². The molecule has 0 aliphatic heterocycles. The van der Waals surface area contributed by atoms with Gasteiger partial charge in [0, 0.05) is 38.1 Å². The van der Waals surface area contributed by atoms with Crippen LogP contribution < -0.4 is 9.62 Å². The maximum absolute atomic E-state index is 14.1. The third-order valence-corrected chi connectivity index (χ3v) is 8.13. The lowest BCUT2D eigenvalue weighted by molar-refractivity contribution is -0.140. The molecule has 214 valence electrons. The number of nitrogens with zero attached hydrogens (tertiary/aromatic N) is 3. The Balaban J connectivity index is 2.09. The molecule has 40 heavy (non-hydrogen) atoms. The standard InChI is InChI=1S/C29H34ClFN4O4S/c1-21(2)32-29(37)27(18-22-9-6-5-7-10-22)34(19-23-11-8-12-24(30)17-23)28(36)20-35(40(38,39)33(3)4)26-15-13-25(31)14-16-26/h5-17,21,27H,18-20H2,1-4H3,(H,32,37). The van der Waals surface area contributed by atoms with Crippen LogP contribution in [-0.4, -0.2) is 62.2 Å². The molecular formula is C29H34ClFN4O4S. The van der Waals surface area contributed by atoms with E-state index in [0.29, 0.717) is 10.6 Å². The van der Waals surface area contributed by atoms with Gasteiger partial charge in [-0.2, -0.15) is 12.7 Å². The van der Waals surface area contributed by atoms with Crippen molar-refractivity contribution in [3.05, 3.63) is 101 Å². The van der Waals surface area contributed by atoms with E-state index in [-0.39, 0.29) is 30.6 Å². The molecule has 1 unspecified atom stereocenters. The fourth-order valence-electron chi connectivity index (χ4n) is 4.09. The van der Waals surface area contributed by atoms with Crippen LogP contribution in [-0.2, 0) is 32.8 Å². The van der Waals surface area contributed by atoms with Crippen LogP contribution >= 0.6 is 11.6 Å². The maximum atomic E-state index is 14.1. The van der Waals surface area contributed by atoms with E-state index >= 15 is 0 Å². The van der Waals surface area contributed by atoms with E-state index in [0.717, 1.165) is 26.3 Å². The van der Waals surface area contributed by atoms with Gasteiger partial charge in [-0.15, -0.1) is 0 Å². The molecule has 3 rings (SSSR count). The molecule has 3 aromatic rings. The van der Waals surface area contributed by atoms with Gasteiger partial charge in [0.2, 0.25) is 11.8 Å². The summed E-state index contributed by atoms with van der Waals surface area (Å²) in [5.74, 6) is -1.54. The Morgan fingerprint density at radius 3 is 2.12 bits per heavy atom. The first-order valence-electron chi connectivity index (χ1n) is 12.7. The summed E-state index contributed by atoms with van der Waals surface area (Å²) in [6.07, 6.45) is 0.197. The van der Waals surface area contributed by atoms with Gasteiger partial charge >= 0.3 is 10.2 Å². The van der Waals surface area contributed by atoms with Gasteiger partial charge in [-0.05, 0) is 61.4 Å².